The van der Waals surface area contributed by atoms with Crippen molar-refractivity contribution < 1.29 is 0 Å². The lowest BCUT2D eigenvalue weighted by atomic mass is 9.80. The molecule has 0 aromatic rings. The summed E-state index contributed by atoms with van der Waals surface area (Å²) in [5.41, 5.74) is 0.467. The number of hydrogen-bond donors (Lipinski definition) is 1. The normalized spacial score (nSPS) is 26.1. The highest BCUT2D eigenvalue weighted by atomic mass is 15.2. The van der Waals surface area contributed by atoms with Gasteiger partial charge in [-0.2, -0.15) is 0 Å². The van der Waals surface area contributed by atoms with Crippen LogP contribution in [-0.2, 0) is 0 Å². The first-order valence-corrected chi connectivity index (χ1v) is 7.37. The van der Waals surface area contributed by atoms with E-state index < -0.39 is 0 Å². The molecule has 1 fully saturated rings. The molecule has 102 valence electrons. The van der Waals surface area contributed by atoms with E-state index in [0.29, 0.717) is 17.5 Å². The van der Waals surface area contributed by atoms with Gasteiger partial charge in [-0.25, -0.2) is 0 Å². The average Bonchev–Trinajstić information content (AvgIpc) is 2.73. The molecule has 0 aliphatic carbocycles. The minimum atomic E-state index is 0.467. The smallest absolute Gasteiger partial charge is 0.0221 e. The predicted molar refractivity (Wildman–Crippen MR) is 76.4 cm³/mol. The van der Waals surface area contributed by atoms with Gasteiger partial charge in [-0.15, -0.1) is 0 Å². The second-order valence-electron chi connectivity index (χ2n) is 6.66. The SMILES string of the molecule is CCNC(CC)C(C)N1CCC(C(C)(C)C)C1. The fourth-order valence-corrected chi connectivity index (χ4v) is 3.04. The standard InChI is InChI=1S/C15H32N2/c1-7-14(16-8-2)12(3)17-10-9-13(11-17)15(4,5)6/h12-14,16H,7-11H2,1-6H3. The molecule has 1 heterocycles. The van der Waals surface area contributed by atoms with Crippen LogP contribution >= 0.6 is 0 Å². The van der Waals surface area contributed by atoms with Crippen LogP contribution in [0, 0.1) is 11.3 Å². The lowest BCUT2D eigenvalue weighted by molar-refractivity contribution is 0.173. The summed E-state index contributed by atoms with van der Waals surface area (Å²) in [7, 11) is 0. The third-order valence-electron chi connectivity index (χ3n) is 4.51. The first-order chi connectivity index (χ1) is 7.90. The van der Waals surface area contributed by atoms with E-state index in [1.807, 2.05) is 0 Å². The van der Waals surface area contributed by atoms with Gasteiger partial charge in [0.25, 0.3) is 0 Å². The highest BCUT2D eigenvalue weighted by Gasteiger charge is 2.34. The van der Waals surface area contributed by atoms with Crippen molar-refractivity contribution in [3.63, 3.8) is 0 Å². The second-order valence-corrected chi connectivity index (χ2v) is 6.66. The lowest BCUT2D eigenvalue weighted by Crippen LogP contribution is -2.47. The molecule has 0 spiro atoms. The molecule has 3 unspecified atom stereocenters. The monoisotopic (exact) mass is 240 g/mol. The van der Waals surface area contributed by atoms with Crippen LogP contribution in [0.5, 0.6) is 0 Å². The van der Waals surface area contributed by atoms with Gasteiger partial charge in [0.1, 0.15) is 0 Å². The van der Waals surface area contributed by atoms with Gasteiger partial charge in [0.15, 0.2) is 0 Å². The highest BCUT2D eigenvalue weighted by molar-refractivity contribution is 4.89. The average molecular weight is 240 g/mol. The Morgan fingerprint density at radius 2 is 1.94 bits per heavy atom. The summed E-state index contributed by atoms with van der Waals surface area (Å²) in [5, 5.41) is 3.62. The Morgan fingerprint density at radius 3 is 2.35 bits per heavy atom. The minimum absolute atomic E-state index is 0.467. The lowest BCUT2D eigenvalue weighted by Gasteiger charge is -2.33. The summed E-state index contributed by atoms with van der Waals surface area (Å²) in [6.07, 6.45) is 2.60. The van der Waals surface area contributed by atoms with Crippen LogP contribution in [0.15, 0.2) is 0 Å². The van der Waals surface area contributed by atoms with Crippen LogP contribution in [0.25, 0.3) is 0 Å². The fourth-order valence-electron chi connectivity index (χ4n) is 3.04. The summed E-state index contributed by atoms with van der Waals surface area (Å²) < 4.78 is 0. The molecule has 0 bridgehead atoms. The van der Waals surface area contributed by atoms with Crippen molar-refractivity contribution in [2.45, 2.75) is 66.5 Å². The fraction of sp³-hybridized carbons (Fsp3) is 1.00. The summed E-state index contributed by atoms with van der Waals surface area (Å²) in [5.74, 6) is 0.865. The summed E-state index contributed by atoms with van der Waals surface area (Å²) in [6.45, 7) is 17.7. The maximum absolute atomic E-state index is 3.62. The molecule has 0 saturated carbocycles. The van der Waals surface area contributed by atoms with E-state index in [4.69, 9.17) is 0 Å². The predicted octanol–water partition coefficient (Wildman–Crippen LogP) is 3.13. The molecular weight excluding hydrogens is 208 g/mol. The molecule has 1 N–H and O–H groups in total. The Bertz CT molecular complexity index is 219. The molecule has 0 amide bonds. The molecule has 1 aliphatic heterocycles. The van der Waals surface area contributed by atoms with Crippen molar-refractivity contribution in [1.29, 1.82) is 0 Å². The highest BCUT2D eigenvalue weighted by Crippen LogP contribution is 2.34. The van der Waals surface area contributed by atoms with Crippen molar-refractivity contribution in [1.82, 2.24) is 10.2 Å². The van der Waals surface area contributed by atoms with E-state index in [-0.39, 0.29) is 0 Å². The Morgan fingerprint density at radius 1 is 1.29 bits per heavy atom. The topological polar surface area (TPSA) is 15.3 Å². The zero-order chi connectivity index (χ0) is 13.1. The molecular formula is C15H32N2. The summed E-state index contributed by atoms with van der Waals surface area (Å²) in [4.78, 5) is 2.69. The minimum Gasteiger partial charge on any atom is -0.313 e. The molecule has 3 atom stereocenters. The van der Waals surface area contributed by atoms with Crippen LogP contribution in [0.4, 0.5) is 0 Å². The quantitative estimate of drug-likeness (QED) is 0.794. The van der Waals surface area contributed by atoms with Crippen LogP contribution in [-0.4, -0.2) is 36.6 Å². The zero-order valence-electron chi connectivity index (χ0n) is 12.7. The van der Waals surface area contributed by atoms with Gasteiger partial charge < -0.3 is 5.32 Å². The number of nitrogens with zero attached hydrogens (tertiary/aromatic N) is 1. The van der Waals surface area contributed by atoms with Crippen molar-refractivity contribution >= 4 is 0 Å². The largest absolute Gasteiger partial charge is 0.313 e. The van der Waals surface area contributed by atoms with E-state index in [9.17, 15) is 0 Å². The van der Waals surface area contributed by atoms with E-state index in [0.717, 1.165) is 12.5 Å². The van der Waals surface area contributed by atoms with Crippen LogP contribution in [0.2, 0.25) is 0 Å². The molecule has 1 saturated heterocycles. The number of likely N-dealkylation sites (N-methyl/N-ethyl adjacent to an activating group) is 1. The van der Waals surface area contributed by atoms with Gasteiger partial charge in [-0.05, 0) is 44.2 Å². The Kier molecular flexibility index (Phi) is 5.46. The van der Waals surface area contributed by atoms with Crippen molar-refractivity contribution in [3.8, 4) is 0 Å². The van der Waals surface area contributed by atoms with E-state index in [1.165, 1.54) is 25.9 Å². The van der Waals surface area contributed by atoms with Gasteiger partial charge in [0.05, 0.1) is 0 Å². The maximum Gasteiger partial charge on any atom is 0.0221 e. The maximum atomic E-state index is 3.62. The molecule has 0 aromatic carbocycles. The van der Waals surface area contributed by atoms with Gasteiger partial charge in [0, 0.05) is 18.6 Å². The van der Waals surface area contributed by atoms with E-state index in [1.54, 1.807) is 0 Å². The summed E-state index contributed by atoms with van der Waals surface area (Å²) >= 11 is 0. The molecule has 0 radical (unpaired) electrons. The van der Waals surface area contributed by atoms with Crippen molar-refractivity contribution in [3.05, 3.63) is 0 Å². The first-order valence-electron chi connectivity index (χ1n) is 7.37. The molecule has 0 aromatic heterocycles. The van der Waals surface area contributed by atoms with Gasteiger partial charge in [-0.1, -0.05) is 34.6 Å². The van der Waals surface area contributed by atoms with Gasteiger partial charge in [-0.3, -0.25) is 4.90 Å². The zero-order valence-corrected chi connectivity index (χ0v) is 12.7. The second kappa shape index (κ2) is 6.19. The third-order valence-corrected chi connectivity index (χ3v) is 4.51. The molecule has 1 rings (SSSR count). The van der Waals surface area contributed by atoms with Gasteiger partial charge in [0.2, 0.25) is 0 Å². The number of rotatable bonds is 5. The number of nitrogens with one attached hydrogen (secondary N) is 1. The van der Waals surface area contributed by atoms with Crippen LogP contribution < -0.4 is 5.32 Å². The van der Waals surface area contributed by atoms with Crippen LogP contribution in [0.3, 0.4) is 0 Å². The summed E-state index contributed by atoms with van der Waals surface area (Å²) in [6, 6.07) is 1.33. The molecule has 1 aliphatic rings. The number of likely N-dealkylation sites (tertiary alicyclic amines) is 1. The Labute approximate surface area is 108 Å². The number of hydrogen-bond acceptors (Lipinski definition) is 2. The first kappa shape index (κ1) is 15.0. The van der Waals surface area contributed by atoms with E-state index in [2.05, 4.69) is 51.8 Å². The molecule has 2 nitrogen and oxygen atoms in total. The van der Waals surface area contributed by atoms with Crippen LogP contribution in [0.1, 0.15) is 54.4 Å². The van der Waals surface area contributed by atoms with Crippen molar-refractivity contribution in [2.75, 3.05) is 19.6 Å². The van der Waals surface area contributed by atoms with E-state index >= 15 is 0 Å². The van der Waals surface area contributed by atoms with Crippen molar-refractivity contribution in [2.24, 2.45) is 11.3 Å². The molecule has 2 heteroatoms. The third kappa shape index (κ3) is 3.96. The Balaban J connectivity index is 2.52. The van der Waals surface area contributed by atoms with Gasteiger partial charge >= 0.3 is 0 Å². The Hall–Kier alpha value is -0.0800. The molecule has 17 heavy (non-hydrogen) atoms.